The van der Waals surface area contributed by atoms with E-state index in [0.29, 0.717) is 0 Å². The molecule has 3 aromatic heterocycles. The lowest BCUT2D eigenvalue weighted by Crippen LogP contribution is -2.25. The minimum Gasteiger partial charge on any atom is -0.309 e. The molecule has 15 rings (SSSR count). The number of aromatic nitrogens is 2. The molecule has 1 spiro atoms. The molecule has 0 saturated heterocycles. The molecule has 2 aliphatic carbocycles. The van der Waals surface area contributed by atoms with Gasteiger partial charge in [0.25, 0.3) is 5.56 Å². The van der Waals surface area contributed by atoms with E-state index in [2.05, 4.69) is 205 Å². The van der Waals surface area contributed by atoms with E-state index in [1.807, 2.05) is 22.6 Å². The van der Waals surface area contributed by atoms with Crippen molar-refractivity contribution in [2.45, 2.75) is 5.41 Å². The summed E-state index contributed by atoms with van der Waals surface area (Å²) in [5.74, 6) is 0. The number of para-hydroxylation sites is 2. The van der Waals surface area contributed by atoms with E-state index in [1.54, 1.807) is 0 Å². The maximum Gasteiger partial charge on any atom is 0.263 e. The van der Waals surface area contributed by atoms with Gasteiger partial charge in [0.15, 0.2) is 0 Å². The molecule has 65 heavy (non-hydrogen) atoms. The molecule has 0 unspecified atom stereocenters. The van der Waals surface area contributed by atoms with Gasteiger partial charge < -0.3 is 4.57 Å². The zero-order valence-electron chi connectivity index (χ0n) is 35.1. The third-order valence-electron chi connectivity index (χ3n) is 14.9. The molecule has 2 aliphatic rings. The van der Waals surface area contributed by atoms with E-state index in [9.17, 15) is 4.79 Å². The average Bonchev–Trinajstić information content (AvgIpc) is 4.07. The van der Waals surface area contributed by atoms with E-state index in [0.717, 1.165) is 65.9 Å². The summed E-state index contributed by atoms with van der Waals surface area (Å²) in [7, 11) is 0. The fraction of sp³-hybridized carbons (Fsp3) is 0.0161. The lowest BCUT2D eigenvalue weighted by atomic mass is 9.70. The Morgan fingerprint density at radius 3 is 1.55 bits per heavy atom. The minimum absolute atomic E-state index is 0.0300. The van der Waals surface area contributed by atoms with Gasteiger partial charge in [-0.3, -0.25) is 9.20 Å². The second kappa shape index (κ2) is 12.6. The van der Waals surface area contributed by atoms with Crippen LogP contribution in [0.15, 0.2) is 223 Å². The fourth-order valence-corrected chi connectivity index (χ4v) is 12.2. The van der Waals surface area contributed by atoms with E-state index in [-0.39, 0.29) is 11.0 Å². The lowest BCUT2D eigenvalue weighted by Gasteiger charge is -2.30. The summed E-state index contributed by atoms with van der Waals surface area (Å²) in [5, 5.41) is 7.54. The Kier molecular flexibility index (Phi) is 6.76. The van der Waals surface area contributed by atoms with Crippen LogP contribution in [0.5, 0.6) is 0 Å². The number of fused-ring (bicyclic) bond motifs is 18. The van der Waals surface area contributed by atoms with Crippen molar-refractivity contribution in [1.29, 1.82) is 0 Å². The van der Waals surface area contributed by atoms with Crippen LogP contribution in [-0.2, 0) is 5.41 Å². The van der Waals surface area contributed by atoms with Gasteiger partial charge in [0, 0.05) is 38.0 Å². The standard InChI is InChI=1S/C62H36N2O/c65-61-49-20-2-1-15-42(49)47-21-12-22-48-51-34-40(29-32-58(51)64(61)60(47)48)39-14-11-13-38(33-39)37-27-30-41(31-28-37)63-57-26-10-6-19-46(57)52-35-56-50(36-59(52)63)45-18-5-9-25-55(45)62(56)53-23-7-3-16-43(53)44-17-4-8-24-54(44)62/h1-36H. The molecule has 0 atom stereocenters. The SMILES string of the molecule is O=c1c2ccccc2c2cccc3c4cc(-c5cccc(-c6ccc(-n7c8ccccc8c8cc9c(cc87)-c7ccccc7C97c8ccccc8-c8ccccc87)cc6)c5)ccc4n1c23. The summed E-state index contributed by atoms with van der Waals surface area (Å²) in [6, 6.07) is 79.7. The molecular weight excluding hydrogens is 789 g/mol. The molecule has 0 fully saturated rings. The summed E-state index contributed by atoms with van der Waals surface area (Å²) in [5.41, 5.74) is 20.3. The van der Waals surface area contributed by atoms with Crippen molar-refractivity contribution in [2.24, 2.45) is 0 Å². The molecule has 0 saturated carbocycles. The second-order valence-electron chi connectivity index (χ2n) is 17.9. The smallest absolute Gasteiger partial charge is 0.263 e. The van der Waals surface area contributed by atoms with Crippen molar-refractivity contribution in [3.63, 3.8) is 0 Å². The van der Waals surface area contributed by atoms with Crippen molar-refractivity contribution in [3.05, 3.63) is 251 Å². The summed E-state index contributed by atoms with van der Waals surface area (Å²) >= 11 is 0. The Morgan fingerprint density at radius 1 is 0.308 bits per heavy atom. The van der Waals surface area contributed by atoms with Gasteiger partial charge in [-0.1, -0.05) is 164 Å². The Bertz CT molecular complexity index is 4220. The topological polar surface area (TPSA) is 26.4 Å². The van der Waals surface area contributed by atoms with Crippen LogP contribution in [0.25, 0.3) is 110 Å². The predicted octanol–water partition coefficient (Wildman–Crippen LogP) is 15.0. The predicted molar refractivity (Wildman–Crippen MR) is 269 cm³/mol. The third kappa shape index (κ3) is 4.42. The highest BCUT2D eigenvalue weighted by Crippen LogP contribution is 2.63. The lowest BCUT2D eigenvalue weighted by molar-refractivity contribution is 0.795. The first-order chi connectivity index (χ1) is 32.2. The van der Waals surface area contributed by atoms with Crippen LogP contribution in [0.2, 0.25) is 0 Å². The molecule has 300 valence electrons. The molecule has 0 bridgehead atoms. The van der Waals surface area contributed by atoms with Gasteiger partial charge in [0.2, 0.25) is 0 Å². The average molecular weight is 825 g/mol. The highest BCUT2D eigenvalue weighted by molar-refractivity contribution is 6.20. The fourth-order valence-electron chi connectivity index (χ4n) is 12.2. The van der Waals surface area contributed by atoms with Crippen molar-refractivity contribution >= 4 is 59.8 Å². The first-order valence-corrected chi connectivity index (χ1v) is 22.5. The molecule has 0 amide bonds. The van der Waals surface area contributed by atoms with Crippen LogP contribution in [0, 0.1) is 0 Å². The molecular formula is C62H36N2O. The molecule has 0 radical (unpaired) electrons. The Morgan fingerprint density at radius 2 is 0.831 bits per heavy atom. The maximum atomic E-state index is 13.9. The number of benzene rings is 10. The summed E-state index contributed by atoms with van der Waals surface area (Å²) < 4.78 is 4.37. The van der Waals surface area contributed by atoms with Crippen molar-refractivity contribution in [1.82, 2.24) is 8.97 Å². The van der Waals surface area contributed by atoms with Gasteiger partial charge in [-0.15, -0.1) is 0 Å². The maximum absolute atomic E-state index is 13.9. The van der Waals surface area contributed by atoms with Gasteiger partial charge in [-0.25, -0.2) is 0 Å². The molecule has 0 aliphatic heterocycles. The van der Waals surface area contributed by atoms with Gasteiger partial charge in [-0.05, 0) is 127 Å². The summed E-state index contributed by atoms with van der Waals surface area (Å²) in [4.78, 5) is 13.9. The number of hydrogen-bond acceptors (Lipinski definition) is 1. The Balaban J connectivity index is 0.860. The van der Waals surface area contributed by atoms with Crippen molar-refractivity contribution in [3.8, 4) is 50.2 Å². The van der Waals surface area contributed by atoms with Crippen molar-refractivity contribution in [2.75, 3.05) is 0 Å². The largest absolute Gasteiger partial charge is 0.309 e. The highest BCUT2D eigenvalue weighted by Gasteiger charge is 2.51. The number of nitrogens with zero attached hydrogens (tertiary/aromatic N) is 2. The van der Waals surface area contributed by atoms with E-state index < -0.39 is 0 Å². The highest BCUT2D eigenvalue weighted by atomic mass is 16.1. The third-order valence-corrected chi connectivity index (χ3v) is 14.9. The monoisotopic (exact) mass is 824 g/mol. The minimum atomic E-state index is -0.389. The molecule has 3 heterocycles. The van der Waals surface area contributed by atoms with Gasteiger partial charge in [0.05, 0.1) is 27.5 Å². The van der Waals surface area contributed by atoms with Crippen molar-refractivity contribution < 1.29 is 0 Å². The second-order valence-corrected chi connectivity index (χ2v) is 17.9. The molecule has 3 nitrogen and oxygen atoms in total. The Hall–Kier alpha value is -8.53. The normalized spacial score (nSPS) is 13.4. The molecule has 3 heteroatoms. The first kappa shape index (κ1) is 35.0. The van der Waals surface area contributed by atoms with E-state index in [1.165, 1.54) is 66.3 Å². The van der Waals surface area contributed by atoms with Crippen LogP contribution in [-0.4, -0.2) is 8.97 Å². The van der Waals surface area contributed by atoms with Gasteiger partial charge in [-0.2, -0.15) is 0 Å². The summed E-state index contributed by atoms with van der Waals surface area (Å²) in [6.45, 7) is 0. The zero-order chi connectivity index (χ0) is 42.5. The number of pyridine rings is 1. The molecule has 0 N–H and O–H groups in total. The zero-order valence-corrected chi connectivity index (χ0v) is 35.1. The van der Waals surface area contributed by atoms with Crippen LogP contribution in [0.1, 0.15) is 22.3 Å². The van der Waals surface area contributed by atoms with Crippen LogP contribution < -0.4 is 5.56 Å². The van der Waals surface area contributed by atoms with Crippen LogP contribution >= 0.6 is 0 Å². The Labute approximate surface area is 373 Å². The van der Waals surface area contributed by atoms with Crippen LogP contribution in [0.3, 0.4) is 0 Å². The van der Waals surface area contributed by atoms with E-state index in [4.69, 9.17) is 0 Å². The summed E-state index contributed by atoms with van der Waals surface area (Å²) in [6.07, 6.45) is 0. The first-order valence-electron chi connectivity index (χ1n) is 22.5. The number of rotatable bonds is 3. The van der Waals surface area contributed by atoms with E-state index >= 15 is 0 Å². The molecule has 10 aromatic carbocycles. The van der Waals surface area contributed by atoms with Gasteiger partial charge >= 0.3 is 0 Å². The molecule has 13 aromatic rings. The number of hydrogen-bond donors (Lipinski definition) is 0. The van der Waals surface area contributed by atoms with Crippen LogP contribution in [0.4, 0.5) is 0 Å². The van der Waals surface area contributed by atoms with Gasteiger partial charge in [0.1, 0.15) is 0 Å². The quantitative estimate of drug-likeness (QED) is 0.163.